The summed E-state index contributed by atoms with van der Waals surface area (Å²) in [5.41, 5.74) is 2.12. The first-order valence-corrected chi connectivity index (χ1v) is 10.2. The van der Waals surface area contributed by atoms with E-state index in [9.17, 15) is 14.0 Å². The van der Waals surface area contributed by atoms with Gasteiger partial charge in [-0.1, -0.05) is 30.3 Å². The van der Waals surface area contributed by atoms with Crippen molar-refractivity contribution in [3.63, 3.8) is 0 Å². The molecule has 0 spiro atoms. The van der Waals surface area contributed by atoms with Crippen molar-refractivity contribution >= 4 is 11.8 Å². The van der Waals surface area contributed by atoms with E-state index in [0.717, 1.165) is 12.0 Å². The fraction of sp³-hybridized carbons (Fsp3) is 0.391. The zero-order valence-electron chi connectivity index (χ0n) is 16.8. The van der Waals surface area contributed by atoms with Crippen molar-refractivity contribution in [2.75, 3.05) is 33.5 Å². The Balaban J connectivity index is 1.71. The van der Waals surface area contributed by atoms with Crippen LogP contribution in [-0.2, 0) is 4.74 Å². The summed E-state index contributed by atoms with van der Waals surface area (Å²) >= 11 is 0. The lowest BCUT2D eigenvalue weighted by Crippen LogP contribution is -2.30. The molecular formula is C23H25FN2O4. The number of alkyl halides is 1. The van der Waals surface area contributed by atoms with Gasteiger partial charge < -0.3 is 20.1 Å². The van der Waals surface area contributed by atoms with Gasteiger partial charge in [0.1, 0.15) is 18.5 Å². The number of rotatable bonds is 6. The number of ether oxygens (including phenoxy) is 2. The molecule has 2 aromatic carbocycles. The molecule has 2 aromatic rings. The molecule has 158 valence electrons. The van der Waals surface area contributed by atoms with Gasteiger partial charge in [0, 0.05) is 37.2 Å². The molecule has 1 saturated heterocycles. The number of halogens is 1. The second-order valence-corrected chi connectivity index (χ2v) is 7.66. The van der Waals surface area contributed by atoms with Crippen LogP contribution in [0.1, 0.15) is 44.2 Å². The van der Waals surface area contributed by atoms with Crippen molar-refractivity contribution in [2.45, 2.75) is 18.4 Å². The summed E-state index contributed by atoms with van der Waals surface area (Å²) in [5.74, 6) is -0.419. The molecule has 0 bridgehead atoms. The van der Waals surface area contributed by atoms with Crippen molar-refractivity contribution in [1.29, 1.82) is 0 Å². The van der Waals surface area contributed by atoms with Crippen LogP contribution < -0.4 is 15.4 Å². The second-order valence-electron chi connectivity index (χ2n) is 7.66. The van der Waals surface area contributed by atoms with Gasteiger partial charge in [-0.25, -0.2) is 4.39 Å². The predicted molar refractivity (Wildman–Crippen MR) is 110 cm³/mol. The van der Waals surface area contributed by atoms with E-state index >= 15 is 0 Å². The van der Waals surface area contributed by atoms with Gasteiger partial charge in [0.15, 0.2) is 0 Å². The Kier molecular flexibility index (Phi) is 5.99. The standard InChI is InChI=1S/C23H25FN2O4/c1-25-23(28)18-10-16(22(27)26-12-14-7-8-29-13-14)9-17-20(15-5-3-2-4-6-15)19(11-24)30-21(17)18/h2-6,9-10,14,19-20H,7-8,11-13H2,1H3,(H,25,28)(H,26,27)/t14?,19-,20+/m1/s1. The number of amides is 2. The molecule has 1 unspecified atom stereocenters. The monoisotopic (exact) mass is 412 g/mol. The summed E-state index contributed by atoms with van der Waals surface area (Å²) in [7, 11) is 1.51. The van der Waals surface area contributed by atoms with Gasteiger partial charge in [0.05, 0.1) is 18.1 Å². The highest BCUT2D eigenvalue weighted by atomic mass is 19.1. The molecule has 3 atom stereocenters. The number of fused-ring (bicyclic) bond motifs is 1. The van der Waals surface area contributed by atoms with Gasteiger partial charge >= 0.3 is 0 Å². The molecule has 0 aliphatic carbocycles. The van der Waals surface area contributed by atoms with Gasteiger partial charge in [0.25, 0.3) is 11.8 Å². The maximum absolute atomic E-state index is 13.8. The highest BCUT2D eigenvalue weighted by molar-refractivity contribution is 6.02. The first-order valence-electron chi connectivity index (χ1n) is 10.2. The Labute approximate surface area is 174 Å². The second kappa shape index (κ2) is 8.83. The van der Waals surface area contributed by atoms with Crippen LogP contribution in [0.5, 0.6) is 5.75 Å². The Bertz CT molecular complexity index is 928. The third-order valence-electron chi connectivity index (χ3n) is 5.71. The molecule has 2 heterocycles. The molecule has 6 nitrogen and oxygen atoms in total. The van der Waals surface area contributed by atoms with Crippen molar-refractivity contribution in [3.05, 3.63) is 64.7 Å². The average Bonchev–Trinajstić information content (AvgIpc) is 3.44. The molecule has 0 aromatic heterocycles. The Morgan fingerprint density at radius 3 is 2.63 bits per heavy atom. The van der Waals surface area contributed by atoms with Crippen molar-refractivity contribution in [1.82, 2.24) is 10.6 Å². The molecular weight excluding hydrogens is 387 g/mol. The number of benzene rings is 2. The van der Waals surface area contributed by atoms with E-state index in [1.165, 1.54) is 13.1 Å². The van der Waals surface area contributed by atoms with Gasteiger partial charge in [-0.05, 0) is 24.1 Å². The van der Waals surface area contributed by atoms with Crippen LogP contribution in [-0.4, -0.2) is 51.4 Å². The molecule has 0 radical (unpaired) electrons. The highest BCUT2D eigenvalue weighted by Crippen LogP contribution is 2.45. The first-order chi connectivity index (χ1) is 14.6. The molecule has 1 fully saturated rings. The van der Waals surface area contributed by atoms with Gasteiger partial charge in [-0.15, -0.1) is 0 Å². The van der Waals surface area contributed by atoms with E-state index < -0.39 is 18.7 Å². The minimum atomic E-state index is -0.750. The number of hydrogen-bond acceptors (Lipinski definition) is 4. The van der Waals surface area contributed by atoms with Gasteiger partial charge in [0.2, 0.25) is 0 Å². The Morgan fingerprint density at radius 1 is 1.17 bits per heavy atom. The molecule has 0 saturated carbocycles. The van der Waals surface area contributed by atoms with Crippen LogP contribution in [0.3, 0.4) is 0 Å². The lowest BCUT2D eigenvalue weighted by Gasteiger charge is -2.16. The minimum Gasteiger partial charge on any atom is -0.486 e. The molecule has 7 heteroatoms. The van der Waals surface area contributed by atoms with E-state index in [0.29, 0.717) is 36.6 Å². The minimum absolute atomic E-state index is 0.237. The van der Waals surface area contributed by atoms with E-state index in [4.69, 9.17) is 9.47 Å². The Hall–Kier alpha value is -2.93. The van der Waals surface area contributed by atoms with E-state index in [1.54, 1.807) is 6.07 Å². The summed E-state index contributed by atoms with van der Waals surface area (Å²) in [6, 6.07) is 12.7. The lowest BCUT2D eigenvalue weighted by molar-refractivity contribution is 0.0945. The number of carbonyl (C=O) groups is 2. The fourth-order valence-corrected chi connectivity index (χ4v) is 4.13. The SMILES string of the molecule is CNC(=O)c1cc(C(=O)NCC2CCOC2)cc2c1O[C@H](CF)[C@H]2c1ccccc1. The zero-order valence-corrected chi connectivity index (χ0v) is 16.8. The van der Waals surface area contributed by atoms with Crippen LogP contribution >= 0.6 is 0 Å². The summed E-state index contributed by atoms with van der Waals surface area (Å²) in [6.07, 6.45) is 0.163. The predicted octanol–water partition coefficient (Wildman–Crippen LogP) is 2.67. The molecule has 4 rings (SSSR count). The maximum atomic E-state index is 13.8. The largest absolute Gasteiger partial charge is 0.486 e. The smallest absolute Gasteiger partial charge is 0.254 e. The van der Waals surface area contributed by atoms with Gasteiger partial charge in [-0.3, -0.25) is 9.59 Å². The summed E-state index contributed by atoms with van der Waals surface area (Å²) in [6.45, 7) is 1.15. The third-order valence-corrected chi connectivity index (χ3v) is 5.71. The fourth-order valence-electron chi connectivity index (χ4n) is 4.13. The topological polar surface area (TPSA) is 76.7 Å². The zero-order chi connectivity index (χ0) is 21.1. The molecule has 30 heavy (non-hydrogen) atoms. The highest BCUT2D eigenvalue weighted by Gasteiger charge is 2.39. The summed E-state index contributed by atoms with van der Waals surface area (Å²) in [5, 5.41) is 5.51. The summed E-state index contributed by atoms with van der Waals surface area (Å²) in [4.78, 5) is 25.4. The van der Waals surface area contributed by atoms with Crippen molar-refractivity contribution in [3.8, 4) is 5.75 Å². The first kappa shape index (κ1) is 20.3. The molecule has 2 aliphatic rings. The van der Waals surface area contributed by atoms with Gasteiger partial charge in [-0.2, -0.15) is 0 Å². The normalized spacial score (nSPS) is 22.3. The van der Waals surface area contributed by atoms with E-state index in [2.05, 4.69) is 10.6 Å². The van der Waals surface area contributed by atoms with Crippen LogP contribution in [0.4, 0.5) is 4.39 Å². The van der Waals surface area contributed by atoms with E-state index in [-0.39, 0.29) is 23.3 Å². The molecule has 2 aliphatic heterocycles. The van der Waals surface area contributed by atoms with Crippen LogP contribution in [0.2, 0.25) is 0 Å². The lowest BCUT2D eigenvalue weighted by atomic mass is 9.86. The summed E-state index contributed by atoms with van der Waals surface area (Å²) < 4.78 is 25.1. The quantitative estimate of drug-likeness (QED) is 0.765. The van der Waals surface area contributed by atoms with E-state index in [1.807, 2.05) is 30.3 Å². The van der Waals surface area contributed by atoms with Crippen LogP contribution in [0, 0.1) is 5.92 Å². The number of hydrogen-bond donors (Lipinski definition) is 2. The van der Waals surface area contributed by atoms with Crippen LogP contribution in [0.15, 0.2) is 42.5 Å². The van der Waals surface area contributed by atoms with Crippen molar-refractivity contribution < 1.29 is 23.5 Å². The average molecular weight is 412 g/mol. The molecule has 2 N–H and O–H groups in total. The Morgan fingerprint density at radius 2 is 1.97 bits per heavy atom. The number of nitrogens with one attached hydrogen (secondary N) is 2. The maximum Gasteiger partial charge on any atom is 0.254 e. The van der Waals surface area contributed by atoms with Crippen molar-refractivity contribution in [2.24, 2.45) is 5.92 Å². The number of carbonyl (C=O) groups excluding carboxylic acids is 2. The van der Waals surface area contributed by atoms with Crippen LogP contribution in [0.25, 0.3) is 0 Å². The molecule has 2 amide bonds. The third kappa shape index (κ3) is 3.89.